The monoisotopic (exact) mass is 558 g/mol. The number of aromatic nitrogens is 4. The Kier molecular flexibility index (Phi) is 10.1. The second kappa shape index (κ2) is 13.1. The molecule has 3 heterocycles. The van der Waals surface area contributed by atoms with Crippen LogP contribution in [0.5, 0.6) is 5.75 Å². The third-order valence-electron chi connectivity index (χ3n) is 6.53. The Morgan fingerprint density at radius 1 is 1.23 bits per heavy atom. The lowest BCUT2D eigenvalue weighted by Gasteiger charge is -2.14. The van der Waals surface area contributed by atoms with Gasteiger partial charge in [0.25, 0.3) is 0 Å². The number of ether oxygens (including phenoxy) is 1. The van der Waals surface area contributed by atoms with Crippen LogP contribution < -0.4 is 15.8 Å². The van der Waals surface area contributed by atoms with Gasteiger partial charge in [0.2, 0.25) is 12.2 Å². The van der Waals surface area contributed by atoms with Crippen molar-refractivity contribution in [1.29, 1.82) is 0 Å². The van der Waals surface area contributed by atoms with Crippen molar-refractivity contribution >= 4 is 24.7 Å². The van der Waals surface area contributed by atoms with E-state index < -0.39 is 11.6 Å². The minimum atomic E-state index is -0.988. The molecular weight excluding hydrogens is 522 g/mol. The number of pyridine rings is 1. The molecular formula is C28H36F2N6O2S. The van der Waals surface area contributed by atoms with E-state index in [1.165, 1.54) is 12.8 Å². The second-order valence-corrected chi connectivity index (χ2v) is 10.7. The summed E-state index contributed by atoms with van der Waals surface area (Å²) in [5.41, 5.74) is 10.1. The first-order valence-corrected chi connectivity index (χ1v) is 13.1. The number of aryl methyl sites for hydroxylation is 2. The van der Waals surface area contributed by atoms with E-state index in [-0.39, 0.29) is 18.8 Å². The van der Waals surface area contributed by atoms with Crippen molar-refractivity contribution < 1.29 is 18.3 Å². The van der Waals surface area contributed by atoms with Crippen LogP contribution in [-0.4, -0.2) is 44.0 Å². The van der Waals surface area contributed by atoms with Gasteiger partial charge < -0.3 is 20.2 Å². The largest absolute Gasteiger partial charge is 0.489 e. The zero-order valence-electron chi connectivity index (χ0n) is 23.0. The van der Waals surface area contributed by atoms with Gasteiger partial charge in [-0.15, -0.1) is 0 Å². The zero-order chi connectivity index (χ0) is 28.7. The molecule has 0 unspecified atom stereocenters. The molecule has 11 heteroatoms. The number of halogens is 2. The van der Waals surface area contributed by atoms with Crippen LogP contribution in [0, 0.1) is 25.5 Å². The van der Waals surface area contributed by atoms with E-state index in [0.29, 0.717) is 28.8 Å². The van der Waals surface area contributed by atoms with Crippen LogP contribution in [0.15, 0.2) is 36.7 Å². The van der Waals surface area contributed by atoms with E-state index in [1.54, 1.807) is 12.3 Å². The number of benzene rings is 1. The number of fused-ring (bicyclic) bond motifs is 1. The highest BCUT2D eigenvalue weighted by atomic mass is 32.1. The number of nitrogens with one attached hydrogen (secondary N) is 1. The average Bonchev–Trinajstić information content (AvgIpc) is 3.35. The highest BCUT2D eigenvalue weighted by Crippen LogP contribution is 2.40. The Bertz CT molecular complexity index is 1430. The normalized spacial score (nSPS) is 13.2. The molecule has 1 aliphatic carbocycles. The maximum atomic E-state index is 14.7. The fourth-order valence-corrected chi connectivity index (χ4v) is 4.13. The number of nitrogens with zero attached hydrogens (tertiary/aromatic N) is 4. The standard InChI is InChI=1S/C23H25F2N5O.C4H8S.CH3NO/c1-14-18(15(2)29(4)28-14)9-10-31-23-19(6-7-20(24)22(23)25)16-5-8-21-27-12-17(11-26-3)30(21)13-16;1-4(5)2-3-4;2-1-3/h5-8,12-13,26H,9-11H2,1-4H3;5H,2-3H2,1H3;1H,(H2,2,3). The molecule has 210 valence electrons. The number of nitrogens with two attached hydrogens (primary N) is 1. The van der Waals surface area contributed by atoms with Crippen molar-refractivity contribution in [3.63, 3.8) is 0 Å². The zero-order valence-corrected chi connectivity index (χ0v) is 23.9. The summed E-state index contributed by atoms with van der Waals surface area (Å²) < 4.78 is 38.8. The Hall–Kier alpha value is -3.44. The number of primary amides is 1. The van der Waals surface area contributed by atoms with Crippen LogP contribution in [0.2, 0.25) is 0 Å². The average molecular weight is 559 g/mol. The van der Waals surface area contributed by atoms with Gasteiger partial charge in [-0.2, -0.15) is 22.1 Å². The van der Waals surface area contributed by atoms with E-state index in [0.717, 1.165) is 34.4 Å². The summed E-state index contributed by atoms with van der Waals surface area (Å²) in [4.78, 5) is 13.0. The van der Waals surface area contributed by atoms with Gasteiger partial charge in [0.1, 0.15) is 5.65 Å². The molecule has 5 rings (SSSR count). The Morgan fingerprint density at radius 3 is 2.46 bits per heavy atom. The first kappa shape index (κ1) is 30.1. The fourth-order valence-electron chi connectivity index (χ4n) is 4.02. The molecule has 1 fully saturated rings. The van der Waals surface area contributed by atoms with Gasteiger partial charge in [0.15, 0.2) is 11.6 Å². The van der Waals surface area contributed by atoms with E-state index in [1.807, 2.05) is 55.4 Å². The molecule has 1 amide bonds. The highest BCUT2D eigenvalue weighted by molar-refractivity contribution is 7.82. The number of hydrogen-bond donors (Lipinski definition) is 3. The topological polar surface area (TPSA) is 99.5 Å². The lowest BCUT2D eigenvalue weighted by atomic mass is 10.1. The second-order valence-electron chi connectivity index (χ2n) is 9.67. The van der Waals surface area contributed by atoms with Crippen LogP contribution in [-0.2, 0) is 24.8 Å². The number of rotatable bonds is 7. The number of amides is 1. The molecule has 0 saturated heterocycles. The fraction of sp³-hybridized carbons (Fsp3) is 0.393. The predicted molar refractivity (Wildman–Crippen MR) is 152 cm³/mol. The number of imidazole rings is 1. The molecule has 0 spiro atoms. The lowest BCUT2D eigenvalue weighted by molar-refractivity contribution is -0.106. The molecule has 1 aromatic carbocycles. The van der Waals surface area contributed by atoms with E-state index in [2.05, 4.69) is 40.7 Å². The van der Waals surface area contributed by atoms with Crippen molar-refractivity contribution in [2.75, 3.05) is 13.7 Å². The van der Waals surface area contributed by atoms with Crippen molar-refractivity contribution in [3.8, 4) is 16.9 Å². The Balaban J connectivity index is 0.000000456. The van der Waals surface area contributed by atoms with Crippen LogP contribution in [0.1, 0.15) is 42.4 Å². The quantitative estimate of drug-likeness (QED) is 0.229. The summed E-state index contributed by atoms with van der Waals surface area (Å²) in [6.07, 6.45) is 7.08. The number of carbonyl (C=O) groups is 1. The third-order valence-corrected chi connectivity index (χ3v) is 6.98. The molecule has 1 aliphatic rings. The summed E-state index contributed by atoms with van der Waals surface area (Å²) in [6.45, 7) is 6.91. The molecule has 8 nitrogen and oxygen atoms in total. The smallest absolute Gasteiger partial charge is 0.204 e. The molecule has 4 aromatic rings. The van der Waals surface area contributed by atoms with E-state index in [9.17, 15) is 8.78 Å². The van der Waals surface area contributed by atoms with Gasteiger partial charge in [0.05, 0.1) is 24.2 Å². The van der Waals surface area contributed by atoms with E-state index in [4.69, 9.17) is 9.53 Å². The van der Waals surface area contributed by atoms with Gasteiger partial charge in [-0.3, -0.25) is 9.48 Å². The van der Waals surface area contributed by atoms with Crippen LogP contribution in [0.3, 0.4) is 0 Å². The van der Waals surface area contributed by atoms with Gasteiger partial charge in [-0.25, -0.2) is 9.37 Å². The van der Waals surface area contributed by atoms with Crippen LogP contribution in [0.4, 0.5) is 8.78 Å². The van der Waals surface area contributed by atoms with Gasteiger partial charge in [0, 0.05) is 47.8 Å². The van der Waals surface area contributed by atoms with Crippen LogP contribution in [0.25, 0.3) is 16.8 Å². The lowest BCUT2D eigenvalue weighted by Crippen LogP contribution is -2.08. The highest BCUT2D eigenvalue weighted by Gasteiger charge is 2.32. The minimum absolute atomic E-state index is 0.0890. The van der Waals surface area contributed by atoms with E-state index >= 15 is 0 Å². The summed E-state index contributed by atoms with van der Waals surface area (Å²) in [5, 5.41) is 7.50. The number of carbonyl (C=O) groups excluding carboxylic acids is 1. The number of hydrogen-bond acceptors (Lipinski definition) is 6. The Morgan fingerprint density at radius 2 is 1.90 bits per heavy atom. The third kappa shape index (κ3) is 7.57. The SMILES string of the molecule is CC1(S)CC1.CNCc1cnc2ccc(-c3ccc(F)c(F)c3OCCc3c(C)nn(C)c3C)cn12.NC=O. The molecule has 0 radical (unpaired) electrons. The first-order valence-electron chi connectivity index (χ1n) is 12.6. The van der Waals surface area contributed by atoms with Gasteiger partial charge in [-0.1, -0.05) is 6.92 Å². The molecule has 39 heavy (non-hydrogen) atoms. The summed E-state index contributed by atoms with van der Waals surface area (Å²) in [5.74, 6) is -2.01. The molecule has 0 atom stereocenters. The van der Waals surface area contributed by atoms with Crippen molar-refractivity contribution in [2.45, 2.75) is 51.3 Å². The van der Waals surface area contributed by atoms with Crippen molar-refractivity contribution in [1.82, 2.24) is 24.5 Å². The summed E-state index contributed by atoms with van der Waals surface area (Å²) in [6, 6.07) is 6.35. The van der Waals surface area contributed by atoms with Gasteiger partial charge >= 0.3 is 0 Å². The molecule has 1 saturated carbocycles. The Labute approximate surface area is 233 Å². The first-order chi connectivity index (χ1) is 18.5. The summed E-state index contributed by atoms with van der Waals surface area (Å²) in [7, 11) is 3.74. The molecule has 0 aliphatic heterocycles. The van der Waals surface area contributed by atoms with Crippen molar-refractivity contribution in [3.05, 3.63) is 70.9 Å². The molecule has 3 aromatic heterocycles. The number of thiol groups is 1. The maximum absolute atomic E-state index is 14.7. The van der Waals surface area contributed by atoms with Crippen molar-refractivity contribution in [2.24, 2.45) is 12.8 Å². The summed E-state index contributed by atoms with van der Waals surface area (Å²) >= 11 is 4.23. The van der Waals surface area contributed by atoms with Gasteiger partial charge in [-0.05, 0) is 63.6 Å². The van der Waals surface area contributed by atoms with Crippen LogP contribution >= 0.6 is 12.6 Å². The molecule has 3 N–H and O–H groups in total. The predicted octanol–water partition coefficient (Wildman–Crippen LogP) is 4.54. The maximum Gasteiger partial charge on any atom is 0.204 e. The minimum Gasteiger partial charge on any atom is -0.489 e. The molecule has 0 bridgehead atoms.